The molecule has 2 heterocycles. The van der Waals surface area contributed by atoms with Crippen molar-refractivity contribution < 1.29 is 19.2 Å². The molecule has 2 aromatic heterocycles. The number of ether oxygens (including phenoxy) is 1. The van der Waals surface area contributed by atoms with E-state index in [1.807, 2.05) is 6.07 Å². The van der Waals surface area contributed by atoms with E-state index in [9.17, 15) is 24.5 Å². The highest BCUT2D eigenvalue weighted by molar-refractivity contribution is 7.17. The van der Waals surface area contributed by atoms with Crippen molar-refractivity contribution in [1.82, 2.24) is 9.36 Å². The lowest BCUT2D eigenvalue weighted by atomic mass is 10.3. The maximum absolute atomic E-state index is 12.8. The molecule has 11 heteroatoms. The zero-order chi connectivity index (χ0) is 22.0. The predicted molar refractivity (Wildman–Crippen MR) is 110 cm³/mol. The molecule has 0 aliphatic carbocycles. The number of amides is 1. The first kappa shape index (κ1) is 21.0. The molecular weight excluding hydrogens is 412 g/mol. The summed E-state index contributed by atoms with van der Waals surface area (Å²) in [5, 5.41) is 13.0. The van der Waals surface area contributed by atoms with Gasteiger partial charge in [-0.05, 0) is 32.0 Å². The average Bonchev–Trinajstić information content (AvgIpc) is 3.29. The Hall–Kier alpha value is -3.73. The monoisotopic (exact) mass is 430 g/mol. The van der Waals surface area contributed by atoms with Crippen LogP contribution < -0.4 is 10.9 Å². The molecule has 0 fully saturated rings. The van der Waals surface area contributed by atoms with E-state index in [4.69, 9.17) is 4.74 Å². The summed E-state index contributed by atoms with van der Waals surface area (Å²) in [7, 11) is 1.69. The number of nitrogens with zero attached hydrogens (tertiary/aromatic N) is 3. The third-order valence-corrected chi connectivity index (χ3v) is 5.45. The lowest BCUT2D eigenvalue weighted by Gasteiger charge is -2.12. The van der Waals surface area contributed by atoms with E-state index >= 15 is 0 Å². The van der Waals surface area contributed by atoms with Gasteiger partial charge in [0.05, 0.1) is 16.3 Å². The molecule has 1 amide bonds. The van der Waals surface area contributed by atoms with Gasteiger partial charge in [-0.1, -0.05) is 29.5 Å². The molecule has 0 aliphatic rings. The Kier molecular flexibility index (Phi) is 5.83. The number of para-hydroxylation sites is 1. The molecule has 1 atom stereocenters. The average molecular weight is 430 g/mol. The molecule has 0 aliphatic heterocycles. The van der Waals surface area contributed by atoms with Crippen molar-refractivity contribution in [3.63, 3.8) is 0 Å². The number of benzene rings is 1. The zero-order valence-electron chi connectivity index (χ0n) is 16.3. The molecule has 0 bridgehead atoms. The van der Waals surface area contributed by atoms with Crippen LogP contribution in [0.15, 0.2) is 47.3 Å². The lowest BCUT2D eigenvalue weighted by Crippen LogP contribution is -2.32. The van der Waals surface area contributed by atoms with Crippen molar-refractivity contribution in [2.24, 2.45) is 7.05 Å². The lowest BCUT2D eigenvalue weighted by molar-refractivity contribution is -0.380. The van der Waals surface area contributed by atoms with E-state index in [1.54, 1.807) is 42.9 Å². The number of carbonyl (C=O) groups is 2. The van der Waals surface area contributed by atoms with Crippen LogP contribution in [0.2, 0.25) is 0 Å². The van der Waals surface area contributed by atoms with E-state index < -0.39 is 28.5 Å². The van der Waals surface area contributed by atoms with Crippen molar-refractivity contribution in [2.75, 3.05) is 5.32 Å². The molecule has 156 valence electrons. The molecule has 30 heavy (non-hydrogen) atoms. The Balaban J connectivity index is 1.76. The summed E-state index contributed by atoms with van der Waals surface area (Å²) in [5.74, 6) is -1.55. The number of anilines is 1. The van der Waals surface area contributed by atoms with Crippen molar-refractivity contribution in [3.8, 4) is 5.69 Å². The van der Waals surface area contributed by atoms with Crippen molar-refractivity contribution >= 4 is 33.9 Å². The number of carbonyl (C=O) groups excluding carboxylic acids is 2. The highest BCUT2D eigenvalue weighted by Crippen LogP contribution is 2.25. The van der Waals surface area contributed by atoms with Crippen LogP contribution in [0.25, 0.3) is 5.69 Å². The van der Waals surface area contributed by atoms with Gasteiger partial charge in [0, 0.05) is 13.1 Å². The largest absolute Gasteiger partial charge is 0.448 e. The van der Waals surface area contributed by atoms with Gasteiger partial charge in [-0.2, -0.15) is 0 Å². The second kappa shape index (κ2) is 8.33. The van der Waals surface area contributed by atoms with Gasteiger partial charge in [0.25, 0.3) is 11.5 Å². The maximum atomic E-state index is 12.8. The molecule has 3 aromatic rings. The van der Waals surface area contributed by atoms with E-state index in [2.05, 4.69) is 5.32 Å². The SMILES string of the molecule is Cc1c(NC(=O)[C@@H](C)OC(=O)c2ccc([N+](=O)[O-])s2)c(=O)n(-c2ccccc2)n1C. The number of nitro groups is 1. The van der Waals surface area contributed by atoms with Crippen LogP contribution in [0.4, 0.5) is 10.7 Å². The Labute approximate surface area is 174 Å². The molecular formula is C19H18N4O6S. The molecule has 0 unspecified atom stereocenters. The summed E-state index contributed by atoms with van der Waals surface area (Å²) in [6.07, 6.45) is -1.22. The number of hydrogen-bond donors (Lipinski definition) is 1. The first-order valence-electron chi connectivity index (χ1n) is 8.80. The van der Waals surface area contributed by atoms with Crippen molar-refractivity contribution in [3.05, 3.63) is 73.5 Å². The minimum absolute atomic E-state index is 0.00340. The fourth-order valence-electron chi connectivity index (χ4n) is 2.74. The van der Waals surface area contributed by atoms with Crippen LogP contribution in [0.5, 0.6) is 0 Å². The summed E-state index contributed by atoms with van der Waals surface area (Å²) in [6, 6.07) is 11.4. The molecule has 0 radical (unpaired) electrons. The summed E-state index contributed by atoms with van der Waals surface area (Å²) >= 11 is 0.653. The van der Waals surface area contributed by atoms with Gasteiger partial charge in [-0.3, -0.25) is 24.4 Å². The minimum atomic E-state index is -1.22. The number of hydrogen-bond acceptors (Lipinski definition) is 7. The normalized spacial score (nSPS) is 11.7. The van der Waals surface area contributed by atoms with Gasteiger partial charge < -0.3 is 10.1 Å². The van der Waals surface area contributed by atoms with E-state index in [-0.39, 0.29) is 15.6 Å². The van der Waals surface area contributed by atoms with Gasteiger partial charge in [0.1, 0.15) is 10.6 Å². The van der Waals surface area contributed by atoms with Crippen molar-refractivity contribution in [1.29, 1.82) is 0 Å². The quantitative estimate of drug-likeness (QED) is 0.364. The zero-order valence-corrected chi connectivity index (χ0v) is 17.1. The van der Waals surface area contributed by atoms with E-state index in [0.717, 1.165) is 0 Å². The Morgan fingerprint density at radius 2 is 1.87 bits per heavy atom. The summed E-state index contributed by atoms with van der Waals surface area (Å²) < 4.78 is 8.10. The molecule has 1 N–H and O–H groups in total. The van der Waals surface area contributed by atoms with Gasteiger partial charge in [-0.15, -0.1) is 0 Å². The number of thiophene rings is 1. The molecule has 0 saturated heterocycles. The minimum Gasteiger partial charge on any atom is -0.448 e. The first-order chi connectivity index (χ1) is 14.2. The molecule has 0 saturated carbocycles. The van der Waals surface area contributed by atoms with Gasteiger partial charge >= 0.3 is 11.0 Å². The third-order valence-electron chi connectivity index (χ3n) is 4.43. The van der Waals surface area contributed by atoms with Crippen LogP contribution in [-0.2, 0) is 16.6 Å². The van der Waals surface area contributed by atoms with Gasteiger partial charge in [0.2, 0.25) is 0 Å². The van der Waals surface area contributed by atoms with Crippen LogP contribution in [0.3, 0.4) is 0 Å². The van der Waals surface area contributed by atoms with Crippen LogP contribution in [-0.4, -0.2) is 32.3 Å². The maximum Gasteiger partial charge on any atom is 0.349 e. The van der Waals surface area contributed by atoms with Crippen LogP contribution >= 0.6 is 11.3 Å². The second-order valence-electron chi connectivity index (χ2n) is 6.37. The Morgan fingerprint density at radius 3 is 2.47 bits per heavy atom. The van der Waals surface area contributed by atoms with Gasteiger partial charge in [-0.25, -0.2) is 9.48 Å². The second-order valence-corrected chi connectivity index (χ2v) is 7.43. The number of rotatable bonds is 6. The topological polar surface area (TPSA) is 125 Å². The predicted octanol–water partition coefficient (Wildman–Crippen LogP) is 2.64. The number of esters is 1. The first-order valence-corrected chi connectivity index (χ1v) is 9.62. The fraction of sp³-hybridized carbons (Fsp3) is 0.211. The summed E-state index contributed by atoms with van der Waals surface area (Å²) in [5.41, 5.74) is 0.792. The van der Waals surface area contributed by atoms with Crippen LogP contribution in [0, 0.1) is 17.0 Å². The third kappa shape index (κ3) is 4.01. The molecule has 10 nitrogen and oxygen atoms in total. The fourth-order valence-corrected chi connectivity index (χ4v) is 3.45. The van der Waals surface area contributed by atoms with Gasteiger partial charge in [0.15, 0.2) is 6.10 Å². The number of aromatic nitrogens is 2. The molecule has 1 aromatic carbocycles. The summed E-state index contributed by atoms with van der Waals surface area (Å²) in [6.45, 7) is 3.03. The van der Waals surface area contributed by atoms with E-state index in [1.165, 1.54) is 23.7 Å². The molecule has 3 rings (SSSR count). The Morgan fingerprint density at radius 1 is 1.20 bits per heavy atom. The number of nitrogens with one attached hydrogen (secondary N) is 1. The Bertz CT molecular complexity index is 1180. The van der Waals surface area contributed by atoms with E-state index in [0.29, 0.717) is 22.7 Å². The van der Waals surface area contributed by atoms with Crippen LogP contribution in [0.1, 0.15) is 22.3 Å². The molecule has 0 spiro atoms. The standard InChI is InChI=1S/C19H18N4O6S/c1-11-16(18(25)22(21(11)3)13-7-5-4-6-8-13)20-17(24)12(2)29-19(26)14-9-10-15(30-14)23(27)28/h4-10,12H,1-3H3,(H,20,24)/t12-/m1/s1. The smallest absolute Gasteiger partial charge is 0.349 e. The highest BCUT2D eigenvalue weighted by atomic mass is 32.1. The van der Waals surface area contributed by atoms with Crippen molar-refractivity contribution in [2.45, 2.75) is 20.0 Å². The highest BCUT2D eigenvalue weighted by Gasteiger charge is 2.25. The summed E-state index contributed by atoms with van der Waals surface area (Å²) in [4.78, 5) is 47.6.